The third kappa shape index (κ3) is 5.16. The Morgan fingerprint density at radius 3 is 2.86 bits per heavy atom. The Bertz CT molecular complexity index is 481. The number of rotatable bonds is 6. The minimum Gasteiger partial charge on any atom is -0.383 e. The quantitative estimate of drug-likeness (QED) is 0.844. The van der Waals surface area contributed by atoms with Gasteiger partial charge in [0, 0.05) is 37.8 Å². The Labute approximate surface area is 137 Å². The van der Waals surface area contributed by atoms with E-state index in [0.29, 0.717) is 5.02 Å². The van der Waals surface area contributed by atoms with Crippen LogP contribution in [0.3, 0.4) is 0 Å². The second-order valence-corrected chi connectivity index (χ2v) is 6.11. The van der Waals surface area contributed by atoms with E-state index in [4.69, 9.17) is 16.3 Å². The zero-order valence-electron chi connectivity index (χ0n) is 13.1. The zero-order chi connectivity index (χ0) is 15.9. The molecule has 0 bridgehead atoms. The van der Waals surface area contributed by atoms with Gasteiger partial charge in [-0.3, -0.25) is 4.90 Å². The van der Waals surface area contributed by atoms with Crippen molar-refractivity contribution >= 4 is 17.6 Å². The van der Waals surface area contributed by atoms with Crippen molar-refractivity contribution in [1.29, 1.82) is 0 Å². The fourth-order valence-corrected chi connectivity index (χ4v) is 2.76. The molecule has 0 saturated carbocycles. The van der Waals surface area contributed by atoms with Crippen LogP contribution in [0, 0.1) is 0 Å². The molecule has 1 saturated heterocycles. The predicted molar refractivity (Wildman–Crippen MR) is 88.3 cm³/mol. The highest BCUT2D eigenvalue weighted by molar-refractivity contribution is 6.30. The number of urea groups is 1. The van der Waals surface area contributed by atoms with Crippen molar-refractivity contribution in [3.63, 3.8) is 0 Å². The highest BCUT2D eigenvalue weighted by Gasteiger charge is 2.23. The van der Waals surface area contributed by atoms with Gasteiger partial charge in [-0.05, 0) is 31.0 Å². The fourth-order valence-electron chi connectivity index (χ4n) is 2.63. The van der Waals surface area contributed by atoms with Crippen LogP contribution in [0.2, 0.25) is 5.02 Å². The smallest absolute Gasteiger partial charge is 0.315 e. The maximum atomic E-state index is 12.1. The number of hydrogen-bond acceptors (Lipinski definition) is 3. The molecule has 1 heterocycles. The molecule has 122 valence electrons. The summed E-state index contributed by atoms with van der Waals surface area (Å²) in [5.74, 6) is 0. The standard InChI is InChI=1S/C16H24ClN3O2/c1-12(13-3-5-14(17)6-4-13)18-16(21)19-15-7-8-20(11-15)9-10-22-2/h3-6,12,15H,7-11H2,1-2H3,(H2,18,19,21)/t12-,15-/m1/s1. The van der Waals surface area contributed by atoms with E-state index in [0.717, 1.165) is 38.2 Å². The van der Waals surface area contributed by atoms with Gasteiger partial charge < -0.3 is 15.4 Å². The Morgan fingerprint density at radius 1 is 1.45 bits per heavy atom. The summed E-state index contributed by atoms with van der Waals surface area (Å²) in [6, 6.07) is 7.54. The van der Waals surface area contributed by atoms with Crippen molar-refractivity contribution in [2.45, 2.75) is 25.4 Å². The monoisotopic (exact) mass is 325 g/mol. The first-order valence-electron chi connectivity index (χ1n) is 7.62. The van der Waals surface area contributed by atoms with Crippen LogP contribution in [0.4, 0.5) is 4.79 Å². The number of ether oxygens (including phenoxy) is 1. The van der Waals surface area contributed by atoms with E-state index in [2.05, 4.69) is 15.5 Å². The van der Waals surface area contributed by atoms with Gasteiger partial charge >= 0.3 is 6.03 Å². The SMILES string of the molecule is COCCN1CC[C@@H](NC(=O)N[C@H](C)c2ccc(Cl)cc2)C1. The van der Waals surface area contributed by atoms with Crippen molar-refractivity contribution in [3.05, 3.63) is 34.9 Å². The van der Waals surface area contributed by atoms with Crippen molar-refractivity contribution in [2.24, 2.45) is 0 Å². The molecule has 1 aliphatic rings. The number of methoxy groups -OCH3 is 1. The summed E-state index contributed by atoms with van der Waals surface area (Å²) in [7, 11) is 1.71. The lowest BCUT2D eigenvalue weighted by atomic mass is 10.1. The molecule has 5 nitrogen and oxygen atoms in total. The molecule has 2 N–H and O–H groups in total. The minimum absolute atomic E-state index is 0.0525. The maximum absolute atomic E-state index is 12.1. The van der Waals surface area contributed by atoms with Crippen molar-refractivity contribution in [3.8, 4) is 0 Å². The molecule has 2 amide bonds. The molecule has 1 aromatic carbocycles. The third-order valence-electron chi connectivity index (χ3n) is 3.94. The van der Waals surface area contributed by atoms with Gasteiger partial charge in [-0.15, -0.1) is 0 Å². The first kappa shape index (κ1) is 17.1. The third-order valence-corrected chi connectivity index (χ3v) is 4.19. The van der Waals surface area contributed by atoms with Gasteiger partial charge in [0.25, 0.3) is 0 Å². The molecule has 0 unspecified atom stereocenters. The zero-order valence-corrected chi connectivity index (χ0v) is 13.9. The lowest BCUT2D eigenvalue weighted by Crippen LogP contribution is -2.44. The van der Waals surface area contributed by atoms with Crippen LogP contribution in [0.5, 0.6) is 0 Å². The van der Waals surface area contributed by atoms with Gasteiger partial charge in [-0.1, -0.05) is 23.7 Å². The number of amides is 2. The number of benzene rings is 1. The van der Waals surface area contributed by atoms with Gasteiger partial charge in [0.15, 0.2) is 0 Å². The second kappa shape index (κ2) is 8.36. The Kier molecular flexibility index (Phi) is 6.49. The molecule has 22 heavy (non-hydrogen) atoms. The first-order valence-corrected chi connectivity index (χ1v) is 8.00. The van der Waals surface area contributed by atoms with Crippen LogP contribution in [-0.2, 0) is 4.74 Å². The summed E-state index contributed by atoms with van der Waals surface area (Å²) in [4.78, 5) is 14.4. The number of halogens is 1. The number of hydrogen-bond donors (Lipinski definition) is 2. The highest BCUT2D eigenvalue weighted by Crippen LogP contribution is 2.16. The average Bonchev–Trinajstić information content (AvgIpc) is 2.93. The van der Waals surface area contributed by atoms with Crippen molar-refractivity contribution in [2.75, 3.05) is 33.4 Å². The second-order valence-electron chi connectivity index (χ2n) is 5.67. The number of nitrogens with zero attached hydrogens (tertiary/aromatic N) is 1. The molecule has 0 aromatic heterocycles. The summed E-state index contributed by atoms with van der Waals surface area (Å²) in [6.07, 6.45) is 0.979. The topological polar surface area (TPSA) is 53.6 Å². The average molecular weight is 326 g/mol. The van der Waals surface area contributed by atoms with Crippen LogP contribution in [0.25, 0.3) is 0 Å². The van der Waals surface area contributed by atoms with Gasteiger partial charge in [0.05, 0.1) is 12.6 Å². The van der Waals surface area contributed by atoms with E-state index < -0.39 is 0 Å². The molecule has 1 aromatic rings. The van der Waals surface area contributed by atoms with Crippen LogP contribution < -0.4 is 10.6 Å². The summed E-state index contributed by atoms with van der Waals surface area (Å²) >= 11 is 5.87. The number of likely N-dealkylation sites (tertiary alicyclic amines) is 1. The van der Waals surface area contributed by atoms with Gasteiger partial charge in [-0.2, -0.15) is 0 Å². The van der Waals surface area contributed by atoms with E-state index in [1.807, 2.05) is 31.2 Å². The number of nitrogens with one attached hydrogen (secondary N) is 2. The predicted octanol–water partition coefficient (Wildman–Crippen LogP) is 2.42. The molecule has 1 aliphatic heterocycles. The van der Waals surface area contributed by atoms with Crippen LogP contribution in [0.15, 0.2) is 24.3 Å². The van der Waals surface area contributed by atoms with E-state index in [1.54, 1.807) is 7.11 Å². The molecular formula is C16H24ClN3O2. The number of carbonyl (C=O) groups excluding carboxylic acids is 1. The first-order chi connectivity index (χ1) is 10.6. The van der Waals surface area contributed by atoms with E-state index in [9.17, 15) is 4.79 Å². The van der Waals surface area contributed by atoms with E-state index in [1.165, 1.54) is 0 Å². The molecule has 2 atom stereocenters. The Hall–Kier alpha value is -1.30. The van der Waals surface area contributed by atoms with Crippen LogP contribution in [0.1, 0.15) is 24.9 Å². The Balaban J connectivity index is 1.75. The molecule has 0 radical (unpaired) electrons. The fraction of sp³-hybridized carbons (Fsp3) is 0.562. The van der Waals surface area contributed by atoms with Crippen molar-refractivity contribution < 1.29 is 9.53 Å². The lowest BCUT2D eigenvalue weighted by molar-refractivity contribution is 0.159. The van der Waals surface area contributed by atoms with Crippen molar-refractivity contribution in [1.82, 2.24) is 15.5 Å². The summed E-state index contributed by atoms with van der Waals surface area (Å²) in [6.45, 7) is 5.49. The van der Waals surface area contributed by atoms with Gasteiger partial charge in [-0.25, -0.2) is 4.79 Å². The van der Waals surface area contributed by atoms with E-state index >= 15 is 0 Å². The van der Waals surface area contributed by atoms with Gasteiger partial charge in [0.2, 0.25) is 0 Å². The molecular weight excluding hydrogens is 302 g/mol. The molecule has 1 fully saturated rings. The van der Waals surface area contributed by atoms with E-state index in [-0.39, 0.29) is 18.1 Å². The molecule has 0 aliphatic carbocycles. The Morgan fingerprint density at radius 2 is 2.18 bits per heavy atom. The minimum atomic E-state index is -0.124. The normalized spacial score (nSPS) is 19.9. The lowest BCUT2D eigenvalue weighted by Gasteiger charge is -2.19. The summed E-state index contributed by atoms with van der Waals surface area (Å²) in [5, 5.41) is 6.70. The molecule has 2 rings (SSSR count). The van der Waals surface area contributed by atoms with Gasteiger partial charge in [0.1, 0.15) is 0 Å². The van der Waals surface area contributed by atoms with Crippen LogP contribution >= 0.6 is 11.6 Å². The number of carbonyl (C=O) groups is 1. The summed E-state index contributed by atoms with van der Waals surface area (Å²) < 4.78 is 5.08. The highest BCUT2D eigenvalue weighted by atomic mass is 35.5. The molecule has 0 spiro atoms. The van der Waals surface area contributed by atoms with Crippen LogP contribution in [-0.4, -0.2) is 50.3 Å². The molecule has 6 heteroatoms. The summed E-state index contributed by atoms with van der Waals surface area (Å²) in [5.41, 5.74) is 1.03. The largest absolute Gasteiger partial charge is 0.383 e. The maximum Gasteiger partial charge on any atom is 0.315 e.